The van der Waals surface area contributed by atoms with Gasteiger partial charge in [-0.3, -0.25) is 44.2 Å². The number of piperidine rings is 2. The molecule has 3 aromatic carbocycles. The quantitative estimate of drug-likeness (QED) is 0.189. The highest BCUT2D eigenvalue weighted by molar-refractivity contribution is 6.11. The number of benzene rings is 3. The van der Waals surface area contributed by atoms with E-state index >= 15 is 0 Å². The summed E-state index contributed by atoms with van der Waals surface area (Å²) in [6, 6.07) is 15.2. The summed E-state index contributed by atoms with van der Waals surface area (Å²) in [5.74, 6) is -1.44. The van der Waals surface area contributed by atoms with Crippen molar-refractivity contribution in [2.24, 2.45) is 23.7 Å². The van der Waals surface area contributed by atoms with Gasteiger partial charge in [0.1, 0.15) is 0 Å². The van der Waals surface area contributed by atoms with E-state index < -0.39 is 0 Å². The molecule has 0 radical (unpaired) electrons. The largest absolute Gasteiger partial charge is 0.296 e. The van der Waals surface area contributed by atoms with E-state index in [0.717, 1.165) is 45.9 Å². The summed E-state index contributed by atoms with van der Waals surface area (Å²) in [5, 5.41) is 6.80. The first-order valence-corrected chi connectivity index (χ1v) is 17.9. The molecule has 3 aromatic rings. The number of nitrogens with one attached hydrogen (secondary N) is 2. The fraction of sp³-hybridized carbons (Fsp3) is 0.452. The minimum Gasteiger partial charge on any atom is -0.296 e. The molecule has 51 heavy (non-hydrogen) atoms. The molecule has 0 saturated carbocycles. The zero-order valence-corrected chi connectivity index (χ0v) is 31.8. The molecule has 274 valence electrons. The lowest BCUT2D eigenvalue weighted by atomic mass is 9.76. The molecule has 2 aliphatic heterocycles. The van der Waals surface area contributed by atoms with Crippen molar-refractivity contribution in [3.63, 3.8) is 0 Å². The standard InChI is InChI=1S/C22H25NO3.C11H12O2.C7H11NO2.C2H6/c1-12-8-9-13(2)20-16(12)6-5-7-18(20)21(25)15(4)14(3)17-10-11-19(24)23-22(17)26;1-7-4-5-10(8(2)12)11(6-7)9(3)13;1-2-5-3-4-6(9)8-7(5)10;1-2/h5-9,14-15,17H,10-11H2,1-4H3,(H,23,24,26);4-6H,1-3H3;5H,2-4H2,1H3,(H,8,9,10);1-2H3. The molecule has 2 fully saturated rings. The van der Waals surface area contributed by atoms with E-state index in [1.165, 1.54) is 13.8 Å². The fourth-order valence-corrected chi connectivity index (χ4v) is 6.36. The lowest BCUT2D eigenvalue weighted by Crippen LogP contribution is -2.45. The third kappa shape index (κ3) is 11.1. The fourth-order valence-electron chi connectivity index (χ4n) is 6.36. The van der Waals surface area contributed by atoms with Crippen LogP contribution in [-0.2, 0) is 19.2 Å². The minimum absolute atomic E-state index is 0.0569. The Morgan fingerprint density at radius 3 is 1.84 bits per heavy atom. The van der Waals surface area contributed by atoms with Crippen LogP contribution in [0.5, 0.6) is 0 Å². The van der Waals surface area contributed by atoms with Crippen LogP contribution in [0.25, 0.3) is 10.8 Å². The summed E-state index contributed by atoms with van der Waals surface area (Å²) < 4.78 is 0. The van der Waals surface area contributed by atoms with Gasteiger partial charge in [-0.05, 0) is 87.8 Å². The molecule has 0 aliphatic carbocycles. The van der Waals surface area contributed by atoms with E-state index in [2.05, 4.69) is 16.7 Å². The lowest BCUT2D eigenvalue weighted by molar-refractivity contribution is -0.139. The van der Waals surface area contributed by atoms with Gasteiger partial charge >= 0.3 is 0 Å². The number of carbonyl (C=O) groups is 7. The van der Waals surface area contributed by atoms with Gasteiger partial charge in [-0.1, -0.05) is 82.6 Å². The number of hydrogen-bond acceptors (Lipinski definition) is 7. The second kappa shape index (κ2) is 19.6. The number of rotatable bonds is 7. The van der Waals surface area contributed by atoms with Crippen molar-refractivity contribution in [1.29, 1.82) is 0 Å². The van der Waals surface area contributed by atoms with E-state index in [4.69, 9.17) is 0 Å². The summed E-state index contributed by atoms with van der Waals surface area (Å²) in [4.78, 5) is 80.6. The molecule has 2 saturated heterocycles. The van der Waals surface area contributed by atoms with Gasteiger partial charge < -0.3 is 0 Å². The smallest absolute Gasteiger partial charge is 0.229 e. The Kier molecular flexibility index (Phi) is 16.3. The zero-order chi connectivity index (χ0) is 38.6. The predicted molar refractivity (Wildman–Crippen MR) is 201 cm³/mol. The van der Waals surface area contributed by atoms with Gasteiger partial charge in [-0.25, -0.2) is 0 Å². The van der Waals surface area contributed by atoms with Crippen LogP contribution in [-0.4, -0.2) is 41.0 Å². The van der Waals surface area contributed by atoms with Crippen molar-refractivity contribution in [1.82, 2.24) is 10.6 Å². The molecule has 0 aromatic heterocycles. The molecule has 4 amide bonds. The van der Waals surface area contributed by atoms with Gasteiger partial charge in [0, 0.05) is 47.3 Å². The predicted octanol–water partition coefficient (Wildman–Crippen LogP) is 7.84. The van der Waals surface area contributed by atoms with Crippen LogP contribution < -0.4 is 10.6 Å². The summed E-state index contributed by atoms with van der Waals surface area (Å²) >= 11 is 0. The number of Topliss-reactive ketones (excluding diaryl/α,β-unsaturated/α-hetero) is 3. The first-order chi connectivity index (χ1) is 24.1. The Bertz CT molecular complexity index is 1790. The van der Waals surface area contributed by atoms with E-state index in [9.17, 15) is 33.6 Å². The second-order valence-corrected chi connectivity index (χ2v) is 13.2. The number of ketones is 3. The Morgan fingerprint density at radius 2 is 1.29 bits per heavy atom. The zero-order valence-electron chi connectivity index (χ0n) is 31.8. The molecule has 4 atom stereocenters. The maximum atomic E-state index is 13.3. The van der Waals surface area contributed by atoms with E-state index in [-0.39, 0.29) is 64.7 Å². The Hall–Kier alpha value is -4.79. The van der Waals surface area contributed by atoms with Crippen LogP contribution in [0.15, 0.2) is 48.5 Å². The van der Waals surface area contributed by atoms with Gasteiger partial charge in [-0.15, -0.1) is 0 Å². The molecular weight excluding hydrogens is 644 g/mol. The lowest BCUT2D eigenvalue weighted by Gasteiger charge is -2.30. The van der Waals surface area contributed by atoms with E-state index in [1.807, 2.05) is 85.7 Å². The number of fused-ring (bicyclic) bond motifs is 1. The summed E-state index contributed by atoms with van der Waals surface area (Å²) in [7, 11) is 0. The number of amides is 4. The van der Waals surface area contributed by atoms with Gasteiger partial charge in [0.25, 0.3) is 0 Å². The first kappa shape index (κ1) is 42.4. The van der Waals surface area contributed by atoms with Crippen molar-refractivity contribution in [2.45, 2.75) is 101 Å². The summed E-state index contributed by atoms with van der Waals surface area (Å²) in [6.07, 6.45) is 2.91. The van der Waals surface area contributed by atoms with Gasteiger partial charge in [0.05, 0.1) is 0 Å². The Morgan fingerprint density at radius 1 is 0.725 bits per heavy atom. The molecule has 2 heterocycles. The van der Waals surface area contributed by atoms with Crippen molar-refractivity contribution < 1.29 is 33.6 Å². The van der Waals surface area contributed by atoms with Crippen molar-refractivity contribution in [3.05, 3.63) is 81.9 Å². The molecule has 9 heteroatoms. The average Bonchev–Trinajstić information content (AvgIpc) is 3.10. The maximum Gasteiger partial charge on any atom is 0.229 e. The van der Waals surface area contributed by atoms with E-state index in [0.29, 0.717) is 30.4 Å². The highest BCUT2D eigenvalue weighted by Gasteiger charge is 2.36. The third-order valence-electron chi connectivity index (χ3n) is 9.63. The molecule has 2 N–H and O–H groups in total. The van der Waals surface area contributed by atoms with Gasteiger partial charge in [-0.2, -0.15) is 0 Å². The van der Waals surface area contributed by atoms with Crippen LogP contribution >= 0.6 is 0 Å². The van der Waals surface area contributed by atoms with Crippen molar-refractivity contribution in [2.75, 3.05) is 0 Å². The van der Waals surface area contributed by atoms with E-state index in [1.54, 1.807) is 12.1 Å². The number of aryl methyl sites for hydroxylation is 3. The van der Waals surface area contributed by atoms with Crippen LogP contribution in [0.3, 0.4) is 0 Å². The number of hydrogen-bond donors (Lipinski definition) is 2. The summed E-state index contributed by atoms with van der Waals surface area (Å²) in [6.45, 7) is 18.7. The molecule has 0 spiro atoms. The van der Waals surface area contributed by atoms with Gasteiger partial charge in [0.2, 0.25) is 23.6 Å². The van der Waals surface area contributed by atoms with Crippen molar-refractivity contribution >= 4 is 51.8 Å². The van der Waals surface area contributed by atoms with Crippen LogP contribution in [0, 0.1) is 44.4 Å². The Labute approximate surface area is 302 Å². The monoisotopic (exact) mass is 698 g/mol. The molecule has 4 unspecified atom stereocenters. The molecule has 2 aliphatic rings. The normalized spacial score (nSPS) is 17.9. The molecular formula is C42H54N2O7. The first-order valence-electron chi connectivity index (χ1n) is 17.9. The van der Waals surface area contributed by atoms with Gasteiger partial charge in [0.15, 0.2) is 17.3 Å². The highest BCUT2D eigenvalue weighted by Crippen LogP contribution is 2.33. The minimum atomic E-state index is -0.301. The van der Waals surface area contributed by atoms with Crippen LogP contribution in [0.4, 0.5) is 0 Å². The SMILES string of the molecule is CC.CC(=O)c1ccc(C)cc1C(C)=O.CCC1CCC(=O)NC1=O.Cc1ccc(C)c2c(C(=O)C(C)C(C)C3CCC(=O)NC3=O)cccc12. The number of imide groups is 2. The molecule has 5 rings (SSSR count). The second-order valence-electron chi connectivity index (χ2n) is 13.2. The maximum absolute atomic E-state index is 13.3. The summed E-state index contributed by atoms with van der Waals surface area (Å²) in [5.41, 5.74) is 4.97. The third-order valence-corrected chi connectivity index (χ3v) is 9.63. The average molecular weight is 699 g/mol. The van der Waals surface area contributed by atoms with Crippen LogP contribution in [0.1, 0.15) is 128 Å². The van der Waals surface area contributed by atoms with Crippen LogP contribution in [0.2, 0.25) is 0 Å². The van der Waals surface area contributed by atoms with Crippen molar-refractivity contribution in [3.8, 4) is 0 Å². The topological polar surface area (TPSA) is 144 Å². The highest BCUT2D eigenvalue weighted by atomic mass is 16.2. The number of carbonyl (C=O) groups excluding carboxylic acids is 7. The Balaban J connectivity index is 0.000000299. The molecule has 9 nitrogen and oxygen atoms in total. The molecule has 0 bridgehead atoms.